The number of rotatable bonds is 7. The zero-order valence-corrected chi connectivity index (χ0v) is 19.6. The van der Waals surface area contributed by atoms with Crippen LogP contribution in [0.3, 0.4) is 0 Å². The van der Waals surface area contributed by atoms with Gasteiger partial charge in [-0.2, -0.15) is 0 Å². The first-order valence-corrected chi connectivity index (χ1v) is 11.7. The molecular formula is C26H22BrNO5. The van der Waals surface area contributed by atoms with Crippen LogP contribution in [0.1, 0.15) is 53.2 Å². The predicted molar refractivity (Wildman–Crippen MR) is 127 cm³/mol. The lowest BCUT2D eigenvalue weighted by Crippen LogP contribution is -2.29. The van der Waals surface area contributed by atoms with Gasteiger partial charge in [-0.3, -0.25) is 9.59 Å². The Hall–Kier alpha value is -3.32. The molecule has 1 amide bonds. The number of benzene rings is 2. The first-order valence-electron chi connectivity index (χ1n) is 10.9. The van der Waals surface area contributed by atoms with Crippen molar-refractivity contribution < 1.29 is 18.4 Å². The summed E-state index contributed by atoms with van der Waals surface area (Å²) in [5, 5.41) is 0.427. The van der Waals surface area contributed by atoms with E-state index >= 15 is 0 Å². The molecule has 4 aromatic rings. The SMILES string of the molecule is CCCCOc1cccc(C2c3c(oc4ccc(Br)cc4c3=O)C(=O)N2Cc2ccco2)c1. The molecule has 3 heterocycles. The third-order valence-electron chi connectivity index (χ3n) is 5.77. The van der Waals surface area contributed by atoms with Crippen LogP contribution in [0, 0.1) is 0 Å². The highest BCUT2D eigenvalue weighted by atomic mass is 79.9. The van der Waals surface area contributed by atoms with Crippen LogP contribution in [0.5, 0.6) is 5.75 Å². The molecule has 1 unspecified atom stereocenters. The topological polar surface area (TPSA) is 72.9 Å². The molecule has 0 radical (unpaired) electrons. The van der Waals surface area contributed by atoms with Gasteiger partial charge < -0.3 is 18.5 Å². The molecule has 33 heavy (non-hydrogen) atoms. The third-order valence-corrected chi connectivity index (χ3v) is 6.27. The van der Waals surface area contributed by atoms with E-state index in [9.17, 15) is 9.59 Å². The van der Waals surface area contributed by atoms with Gasteiger partial charge in [0.2, 0.25) is 5.76 Å². The molecular weight excluding hydrogens is 486 g/mol. The molecule has 0 fully saturated rings. The average molecular weight is 508 g/mol. The molecule has 0 aliphatic carbocycles. The minimum absolute atomic E-state index is 0.0729. The Bertz CT molecular complexity index is 1380. The number of furan rings is 1. The van der Waals surface area contributed by atoms with Crippen LogP contribution in [0.2, 0.25) is 0 Å². The van der Waals surface area contributed by atoms with E-state index in [2.05, 4.69) is 22.9 Å². The Morgan fingerprint density at radius 2 is 1.97 bits per heavy atom. The normalized spacial score (nSPS) is 15.3. The smallest absolute Gasteiger partial charge is 0.291 e. The number of unbranched alkanes of at least 4 members (excludes halogenated alkanes) is 1. The van der Waals surface area contributed by atoms with Crippen LogP contribution >= 0.6 is 15.9 Å². The molecule has 0 saturated heterocycles. The van der Waals surface area contributed by atoms with E-state index in [1.807, 2.05) is 24.3 Å². The minimum Gasteiger partial charge on any atom is -0.494 e. The van der Waals surface area contributed by atoms with Crippen LogP contribution in [0.25, 0.3) is 11.0 Å². The maximum atomic E-state index is 13.6. The summed E-state index contributed by atoms with van der Waals surface area (Å²) in [6.07, 6.45) is 3.55. The third kappa shape index (κ3) is 3.97. The van der Waals surface area contributed by atoms with Crippen LogP contribution in [-0.2, 0) is 6.54 Å². The number of carbonyl (C=O) groups excluding carboxylic acids is 1. The number of ether oxygens (including phenoxy) is 1. The molecule has 2 aromatic carbocycles. The maximum Gasteiger partial charge on any atom is 0.291 e. The standard InChI is InChI=1S/C26H22BrNO5/c1-2-3-11-31-18-7-4-6-16(13-18)23-22-24(29)20-14-17(27)9-10-21(20)33-25(22)26(30)28(23)15-19-8-5-12-32-19/h4-10,12-14,23H,2-3,11,15H2,1H3. The molecule has 1 aliphatic heterocycles. The van der Waals surface area contributed by atoms with E-state index in [-0.39, 0.29) is 23.6 Å². The van der Waals surface area contributed by atoms with Crippen LogP contribution in [0.4, 0.5) is 0 Å². The van der Waals surface area contributed by atoms with Gasteiger partial charge in [0.05, 0.1) is 36.4 Å². The monoisotopic (exact) mass is 507 g/mol. The molecule has 0 N–H and O–H groups in total. The van der Waals surface area contributed by atoms with Gasteiger partial charge in [0.15, 0.2) is 5.43 Å². The quantitative estimate of drug-likeness (QED) is 0.283. The van der Waals surface area contributed by atoms with E-state index in [0.29, 0.717) is 34.6 Å². The first kappa shape index (κ1) is 21.5. The summed E-state index contributed by atoms with van der Waals surface area (Å²) >= 11 is 3.42. The van der Waals surface area contributed by atoms with E-state index in [1.54, 1.807) is 41.5 Å². The summed E-state index contributed by atoms with van der Waals surface area (Å²) < 4.78 is 18.1. The number of hydrogen-bond donors (Lipinski definition) is 0. The summed E-state index contributed by atoms with van der Waals surface area (Å²) in [6, 6.07) is 15.7. The van der Waals surface area contributed by atoms with Crippen molar-refractivity contribution in [2.75, 3.05) is 6.61 Å². The van der Waals surface area contributed by atoms with Gasteiger partial charge in [-0.15, -0.1) is 0 Å². The van der Waals surface area contributed by atoms with Crippen molar-refractivity contribution in [3.63, 3.8) is 0 Å². The second kappa shape index (κ2) is 8.90. The van der Waals surface area contributed by atoms with Crippen molar-refractivity contribution in [2.24, 2.45) is 0 Å². The summed E-state index contributed by atoms with van der Waals surface area (Å²) in [7, 11) is 0. The molecule has 0 spiro atoms. The van der Waals surface area contributed by atoms with Crippen LogP contribution in [-0.4, -0.2) is 17.4 Å². The molecule has 5 rings (SSSR count). The second-order valence-electron chi connectivity index (χ2n) is 8.00. The molecule has 168 valence electrons. The second-order valence-corrected chi connectivity index (χ2v) is 8.92. The molecule has 0 saturated carbocycles. The number of amides is 1. The zero-order valence-electron chi connectivity index (χ0n) is 18.0. The highest BCUT2D eigenvalue weighted by molar-refractivity contribution is 9.10. The summed E-state index contributed by atoms with van der Waals surface area (Å²) in [4.78, 5) is 28.7. The largest absolute Gasteiger partial charge is 0.494 e. The van der Waals surface area contributed by atoms with Crippen molar-refractivity contribution >= 4 is 32.8 Å². The Morgan fingerprint density at radius 3 is 2.76 bits per heavy atom. The van der Waals surface area contributed by atoms with E-state index in [1.165, 1.54) is 0 Å². The van der Waals surface area contributed by atoms with Gasteiger partial charge in [0.25, 0.3) is 5.91 Å². The van der Waals surface area contributed by atoms with Gasteiger partial charge in [-0.25, -0.2) is 0 Å². The molecule has 6 nitrogen and oxygen atoms in total. The summed E-state index contributed by atoms with van der Waals surface area (Å²) in [5.74, 6) is 1.05. The lowest BCUT2D eigenvalue weighted by Gasteiger charge is -2.24. The van der Waals surface area contributed by atoms with Crippen molar-refractivity contribution in [3.05, 3.63) is 98.2 Å². The Morgan fingerprint density at radius 1 is 1.09 bits per heavy atom. The van der Waals surface area contributed by atoms with Crippen LogP contribution < -0.4 is 10.2 Å². The van der Waals surface area contributed by atoms with Crippen molar-refractivity contribution in [3.8, 4) is 5.75 Å². The van der Waals surface area contributed by atoms with Crippen molar-refractivity contribution in [2.45, 2.75) is 32.4 Å². The van der Waals surface area contributed by atoms with Gasteiger partial charge in [0.1, 0.15) is 17.1 Å². The van der Waals surface area contributed by atoms with Gasteiger partial charge in [0, 0.05) is 4.47 Å². The fourth-order valence-corrected chi connectivity index (χ4v) is 4.54. The predicted octanol–water partition coefficient (Wildman–Crippen LogP) is 6.07. The fraction of sp³-hybridized carbons (Fsp3) is 0.231. The lowest BCUT2D eigenvalue weighted by atomic mass is 9.98. The molecule has 2 aromatic heterocycles. The summed E-state index contributed by atoms with van der Waals surface area (Å²) in [6.45, 7) is 2.92. The summed E-state index contributed by atoms with van der Waals surface area (Å²) in [5.41, 5.74) is 1.28. The van der Waals surface area contributed by atoms with E-state index in [4.69, 9.17) is 13.6 Å². The highest BCUT2D eigenvalue weighted by Gasteiger charge is 2.43. The Labute approximate surface area is 198 Å². The minimum atomic E-state index is -0.619. The maximum absolute atomic E-state index is 13.6. The van der Waals surface area contributed by atoms with Crippen molar-refractivity contribution in [1.29, 1.82) is 0 Å². The number of nitrogens with zero attached hydrogens (tertiary/aromatic N) is 1. The Kier molecular flexibility index (Phi) is 5.81. The van der Waals surface area contributed by atoms with Gasteiger partial charge >= 0.3 is 0 Å². The lowest BCUT2D eigenvalue weighted by molar-refractivity contribution is 0.0701. The fourth-order valence-electron chi connectivity index (χ4n) is 4.18. The number of fused-ring (bicyclic) bond motifs is 2. The van der Waals surface area contributed by atoms with Crippen LogP contribution in [0.15, 0.2) is 79.0 Å². The van der Waals surface area contributed by atoms with Crippen molar-refractivity contribution in [1.82, 2.24) is 4.90 Å². The highest BCUT2D eigenvalue weighted by Crippen LogP contribution is 2.40. The Balaban J connectivity index is 1.66. The number of carbonyl (C=O) groups is 1. The van der Waals surface area contributed by atoms with E-state index in [0.717, 1.165) is 22.9 Å². The van der Waals surface area contributed by atoms with Gasteiger partial charge in [-0.1, -0.05) is 41.4 Å². The zero-order chi connectivity index (χ0) is 22.9. The number of halogens is 1. The average Bonchev–Trinajstić information content (AvgIpc) is 3.42. The number of hydrogen-bond acceptors (Lipinski definition) is 5. The van der Waals surface area contributed by atoms with Gasteiger partial charge in [-0.05, 0) is 54.4 Å². The first-order chi connectivity index (χ1) is 16.1. The molecule has 7 heteroatoms. The molecule has 0 bridgehead atoms. The van der Waals surface area contributed by atoms with E-state index < -0.39 is 6.04 Å². The molecule has 1 atom stereocenters. The molecule has 1 aliphatic rings.